The van der Waals surface area contributed by atoms with Gasteiger partial charge in [0.2, 0.25) is 23.6 Å². The number of rotatable bonds is 18. The Labute approximate surface area is 209 Å². The summed E-state index contributed by atoms with van der Waals surface area (Å²) in [6, 6.07) is -4.08. The fourth-order valence-corrected chi connectivity index (χ4v) is 3.91. The standard InChI is InChI=1S/C21H39N5O6S2/c1-12(2)11-16(26-18(28)13(22)7-9-33-3)20(30)24-14(5-6-17(23)27)19(29)25-15(21(31)32)8-10-34-4/h12-16H,5-11,22H2,1-4H3,(H2,23,27)(H,24,30)(H,25,29)(H,26,28)(H,31,32). The third-order valence-electron chi connectivity index (χ3n) is 4.85. The zero-order valence-electron chi connectivity index (χ0n) is 20.3. The highest BCUT2D eigenvalue weighted by Gasteiger charge is 2.30. The zero-order chi connectivity index (χ0) is 26.3. The number of carbonyl (C=O) groups excluding carboxylic acids is 4. The second kappa shape index (κ2) is 17.4. The first-order valence-corrected chi connectivity index (χ1v) is 13.9. The van der Waals surface area contributed by atoms with Crippen molar-refractivity contribution in [3.05, 3.63) is 0 Å². The molecule has 0 heterocycles. The second-order valence-corrected chi connectivity index (χ2v) is 10.3. The van der Waals surface area contributed by atoms with Gasteiger partial charge in [0.05, 0.1) is 6.04 Å². The molecule has 0 fully saturated rings. The summed E-state index contributed by atoms with van der Waals surface area (Å²) < 4.78 is 0. The minimum atomic E-state index is -1.20. The molecule has 0 aromatic heterocycles. The molecule has 4 unspecified atom stereocenters. The maximum absolute atomic E-state index is 13.0. The van der Waals surface area contributed by atoms with E-state index in [9.17, 15) is 29.1 Å². The summed E-state index contributed by atoms with van der Waals surface area (Å²) in [5, 5.41) is 17.0. The van der Waals surface area contributed by atoms with Gasteiger partial charge in [0.15, 0.2) is 0 Å². The van der Waals surface area contributed by atoms with Crippen LogP contribution in [0.1, 0.15) is 46.0 Å². The highest BCUT2D eigenvalue weighted by molar-refractivity contribution is 7.98. The van der Waals surface area contributed by atoms with Gasteiger partial charge in [-0.2, -0.15) is 23.5 Å². The zero-order valence-corrected chi connectivity index (χ0v) is 21.9. The molecular formula is C21H39N5O6S2. The van der Waals surface area contributed by atoms with E-state index in [1.165, 1.54) is 11.8 Å². The van der Waals surface area contributed by atoms with Gasteiger partial charge in [-0.1, -0.05) is 13.8 Å². The van der Waals surface area contributed by atoms with Gasteiger partial charge in [-0.25, -0.2) is 4.79 Å². The number of thioether (sulfide) groups is 2. The van der Waals surface area contributed by atoms with E-state index in [2.05, 4.69) is 16.0 Å². The summed E-state index contributed by atoms with van der Waals surface area (Å²) in [5.41, 5.74) is 11.1. The predicted octanol–water partition coefficient (Wildman–Crippen LogP) is -0.329. The molecule has 13 heteroatoms. The van der Waals surface area contributed by atoms with E-state index in [1.807, 2.05) is 26.4 Å². The van der Waals surface area contributed by atoms with Gasteiger partial charge in [-0.3, -0.25) is 19.2 Å². The van der Waals surface area contributed by atoms with Crippen LogP contribution in [0.25, 0.3) is 0 Å². The average molecular weight is 522 g/mol. The van der Waals surface area contributed by atoms with Crippen LogP contribution in [0, 0.1) is 5.92 Å². The SMILES string of the molecule is CSCCC(N)C(=O)NC(CC(C)C)C(=O)NC(CCC(N)=O)C(=O)NC(CCSC)C(=O)O. The van der Waals surface area contributed by atoms with E-state index >= 15 is 0 Å². The Morgan fingerprint density at radius 1 is 0.794 bits per heavy atom. The Morgan fingerprint density at radius 2 is 1.29 bits per heavy atom. The van der Waals surface area contributed by atoms with Crippen LogP contribution in [-0.2, 0) is 24.0 Å². The van der Waals surface area contributed by atoms with Crippen LogP contribution in [0.2, 0.25) is 0 Å². The predicted molar refractivity (Wildman–Crippen MR) is 135 cm³/mol. The number of carboxylic acids is 1. The summed E-state index contributed by atoms with van der Waals surface area (Å²) in [7, 11) is 0. The van der Waals surface area contributed by atoms with Crippen LogP contribution in [0.5, 0.6) is 0 Å². The number of carboxylic acid groups (broad SMARTS) is 1. The monoisotopic (exact) mass is 521 g/mol. The molecule has 4 atom stereocenters. The van der Waals surface area contributed by atoms with Crippen LogP contribution < -0.4 is 27.4 Å². The molecule has 0 aliphatic carbocycles. The first-order chi connectivity index (χ1) is 15.9. The number of hydrogen-bond donors (Lipinski definition) is 6. The molecule has 8 N–H and O–H groups in total. The topological polar surface area (TPSA) is 194 Å². The number of amides is 4. The number of primary amides is 1. The number of carbonyl (C=O) groups is 5. The number of hydrogen-bond acceptors (Lipinski definition) is 8. The average Bonchev–Trinajstić information content (AvgIpc) is 2.75. The first kappa shape index (κ1) is 32.0. The molecule has 4 amide bonds. The van der Waals surface area contributed by atoms with Gasteiger partial charge in [0, 0.05) is 6.42 Å². The number of nitrogens with two attached hydrogens (primary N) is 2. The lowest BCUT2D eigenvalue weighted by atomic mass is 10.0. The molecule has 0 saturated heterocycles. The second-order valence-electron chi connectivity index (χ2n) is 8.33. The molecule has 0 bridgehead atoms. The fraction of sp³-hybridized carbons (Fsp3) is 0.762. The normalized spacial score (nSPS) is 14.5. The third-order valence-corrected chi connectivity index (χ3v) is 6.14. The van der Waals surface area contributed by atoms with E-state index in [0.29, 0.717) is 24.3 Å². The quantitative estimate of drug-likeness (QED) is 0.140. The van der Waals surface area contributed by atoms with Crippen molar-refractivity contribution in [2.75, 3.05) is 24.0 Å². The van der Waals surface area contributed by atoms with E-state index in [1.54, 1.807) is 11.8 Å². The van der Waals surface area contributed by atoms with Crippen LogP contribution in [-0.4, -0.2) is 82.9 Å². The van der Waals surface area contributed by atoms with Crippen molar-refractivity contribution in [3.8, 4) is 0 Å². The van der Waals surface area contributed by atoms with Crippen molar-refractivity contribution in [1.82, 2.24) is 16.0 Å². The van der Waals surface area contributed by atoms with Crippen LogP contribution in [0.4, 0.5) is 0 Å². The van der Waals surface area contributed by atoms with E-state index in [-0.39, 0.29) is 25.2 Å². The van der Waals surface area contributed by atoms with Gasteiger partial charge in [0.25, 0.3) is 0 Å². The van der Waals surface area contributed by atoms with Gasteiger partial charge in [0.1, 0.15) is 18.1 Å². The van der Waals surface area contributed by atoms with Crippen molar-refractivity contribution >= 4 is 53.1 Å². The van der Waals surface area contributed by atoms with Crippen molar-refractivity contribution in [2.45, 2.75) is 70.1 Å². The third kappa shape index (κ3) is 13.7. The lowest BCUT2D eigenvalue weighted by Crippen LogP contribution is -2.57. The minimum absolute atomic E-state index is 0.0410. The molecule has 34 heavy (non-hydrogen) atoms. The molecule has 0 spiro atoms. The lowest BCUT2D eigenvalue weighted by Gasteiger charge is -2.26. The van der Waals surface area contributed by atoms with Crippen LogP contribution >= 0.6 is 23.5 Å². The Morgan fingerprint density at radius 3 is 1.79 bits per heavy atom. The van der Waals surface area contributed by atoms with Crippen molar-refractivity contribution in [3.63, 3.8) is 0 Å². The van der Waals surface area contributed by atoms with E-state index < -0.39 is 53.8 Å². The van der Waals surface area contributed by atoms with E-state index in [0.717, 1.165) is 0 Å². The smallest absolute Gasteiger partial charge is 0.326 e. The number of nitrogens with one attached hydrogen (secondary N) is 3. The Kier molecular flexibility index (Phi) is 16.4. The maximum Gasteiger partial charge on any atom is 0.326 e. The molecule has 0 rings (SSSR count). The van der Waals surface area contributed by atoms with Gasteiger partial charge in [-0.15, -0.1) is 0 Å². The van der Waals surface area contributed by atoms with Gasteiger partial charge < -0.3 is 32.5 Å². The Hall–Kier alpha value is -1.99. The molecule has 0 aliphatic rings. The summed E-state index contributed by atoms with van der Waals surface area (Å²) in [4.78, 5) is 61.1. The molecule has 196 valence electrons. The lowest BCUT2D eigenvalue weighted by molar-refractivity contribution is -0.142. The maximum atomic E-state index is 13.0. The molecule has 0 aromatic rings. The largest absolute Gasteiger partial charge is 0.480 e. The molecule has 0 aromatic carbocycles. The Bertz CT molecular complexity index is 695. The van der Waals surface area contributed by atoms with Gasteiger partial charge >= 0.3 is 5.97 Å². The summed E-state index contributed by atoms with van der Waals surface area (Å²) in [5.74, 6) is -2.48. The van der Waals surface area contributed by atoms with Crippen molar-refractivity contribution in [2.24, 2.45) is 17.4 Å². The van der Waals surface area contributed by atoms with Crippen LogP contribution in [0.15, 0.2) is 0 Å². The van der Waals surface area contributed by atoms with E-state index in [4.69, 9.17) is 11.5 Å². The number of aliphatic carboxylic acids is 1. The summed E-state index contributed by atoms with van der Waals surface area (Å²) in [6.45, 7) is 3.75. The summed E-state index contributed by atoms with van der Waals surface area (Å²) >= 11 is 2.98. The van der Waals surface area contributed by atoms with Gasteiger partial charge in [-0.05, 0) is 55.6 Å². The van der Waals surface area contributed by atoms with Crippen molar-refractivity contribution < 1.29 is 29.1 Å². The first-order valence-electron chi connectivity index (χ1n) is 11.1. The molecule has 0 saturated carbocycles. The van der Waals surface area contributed by atoms with Crippen LogP contribution in [0.3, 0.4) is 0 Å². The van der Waals surface area contributed by atoms with Crippen molar-refractivity contribution in [1.29, 1.82) is 0 Å². The molecule has 0 aliphatic heterocycles. The highest BCUT2D eigenvalue weighted by Crippen LogP contribution is 2.09. The summed E-state index contributed by atoms with van der Waals surface area (Å²) in [6.07, 6.45) is 4.33. The molecule has 11 nitrogen and oxygen atoms in total. The fourth-order valence-electron chi connectivity index (χ4n) is 2.95. The molecular weight excluding hydrogens is 482 g/mol. The minimum Gasteiger partial charge on any atom is -0.480 e. The Balaban J connectivity index is 5.49. The molecule has 0 radical (unpaired) electrons. The highest BCUT2D eigenvalue weighted by atomic mass is 32.2.